The van der Waals surface area contributed by atoms with Gasteiger partial charge >= 0.3 is 0 Å². The van der Waals surface area contributed by atoms with Gasteiger partial charge in [-0.2, -0.15) is 5.10 Å². The van der Waals surface area contributed by atoms with Crippen LogP contribution in [0.1, 0.15) is 10.4 Å². The van der Waals surface area contributed by atoms with E-state index < -0.39 is 15.9 Å². The molecule has 7 N–H and O–H groups in total. The molecule has 0 saturated carbocycles. The zero-order valence-corrected chi connectivity index (χ0v) is 17.6. The molecule has 0 bridgehead atoms. The second-order valence-corrected chi connectivity index (χ2v) is 8.37. The number of primary sulfonamides is 1. The van der Waals surface area contributed by atoms with Crippen LogP contribution in [-0.4, -0.2) is 29.2 Å². The van der Waals surface area contributed by atoms with Crippen molar-refractivity contribution >= 4 is 56.3 Å². The van der Waals surface area contributed by atoms with Crippen molar-refractivity contribution in [1.29, 1.82) is 0 Å². The number of aromatic hydroxyl groups is 1. The van der Waals surface area contributed by atoms with Gasteiger partial charge in [0.2, 0.25) is 15.7 Å². The third-order valence-electron chi connectivity index (χ3n) is 3.99. The van der Waals surface area contributed by atoms with Crippen LogP contribution in [0.15, 0.2) is 41.4 Å². The smallest absolute Gasteiger partial charge is 0.252 e. The van der Waals surface area contributed by atoms with Gasteiger partial charge in [0.05, 0.1) is 39.8 Å². The van der Waals surface area contributed by atoms with E-state index in [2.05, 4.69) is 20.8 Å². The SMILES string of the molecule is [C-]#[N+]c1cnn(-c2cc(Cl)c(S(N)(=O)=O)cc2Cl)c1NNc1ccc(O)c(C(N)=O)c1. The summed E-state index contributed by atoms with van der Waals surface area (Å²) in [5.74, 6) is -0.990. The molecule has 2 aromatic carbocycles. The molecule has 0 fully saturated rings. The first-order valence-electron chi connectivity index (χ1n) is 8.15. The normalized spacial score (nSPS) is 11.0. The van der Waals surface area contributed by atoms with Gasteiger partial charge in [0, 0.05) is 0 Å². The minimum Gasteiger partial charge on any atom is -0.507 e. The number of hydrazine groups is 1. The van der Waals surface area contributed by atoms with E-state index in [1.807, 2.05) is 0 Å². The zero-order chi connectivity index (χ0) is 22.9. The van der Waals surface area contributed by atoms with E-state index in [0.29, 0.717) is 5.69 Å². The number of rotatable bonds is 6. The average molecular weight is 482 g/mol. The molecular weight excluding hydrogens is 469 g/mol. The molecule has 1 amide bonds. The molecule has 31 heavy (non-hydrogen) atoms. The van der Waals surface area contributed by atoms with E-state index in [1.54, 1.807) is 0 Å². The minimum absolute atomic E-state index is 0.0447. The van der Waals surface area contributed by atoms with Gasteiger partial charge in [0.15, 0.2) is 5.82 Å². The maximum atomic E-state index is 11.6. The summed E-state index contributed by atoms with van der Waals surface area (Å²) in [6.07, 6.45) is 1.25. The highest BCUT2D eigenvalue weighted by atomic mass is 35.5. The van der Waals surface area contributed by atoms with E-state index >= 15 is 0 Å². The number of hydrogen-bond donors (Lipinski definition) is 5. The third kappa shape index (κ3) is 4.49. The second kappa shape index (κ2) is 8.32. The predicted octanol–water partition coefficient (Wildman–Crippen LogP) is 2.62. The number of halogens is 2. The van der Waals surface area contributed by atoms with E-state index in [0.717, 1.165) is 6.07 Å². The molecule has 1 heterocycles. The lowest BCUT2D eigenvalue weighted by atomic mass is 10.1. The molecule has 0 unspecified atom stereocenters. The van der Waals surface area contributed by atoms with Crippen molar-refractivity contribution in [3.8, 4) is 11.4 Å². The summed E-state index contributed by atoms with van der Waals surface area (Å²) < 4.78 is 24.5. The van der Waals surface area contributed by atoms with Crippen molar-refractivity contribution in [3.05, 3.63) is 63.6 Å². The average Bonchev–Trinajstić information content (AvgIpc) is 3.10. The van der Waals surface area contributed by atoms with Gasteiger partial charge in [-0.15, -0.1) is 0 Å². The van der Waals surface area contributed by atoms with Gasteiger partial charge in [0.25, 0.3) is 5.91 Å². The van der Waals surface area contributed by atoms with Crippen LogP contribution in [0.25, 0.3) is 10.5 Å². The fraction of sp³-hybridized carbons (Fsp3) is 0. The lowest BCUT2D eigenvalue weighted by Crippen LogP contribution is -2.16. The first-order valence-corrected chi connectivity index (χ1v) is 10.5. The topological polar surface area (TPSA) is 170 Å². The molecular formula is C17H13Cl2N7O4S. The first-order chi connectivity index (χ1) is 14.5. The van der Waals surface area contributed by atoms with Gasteiger partial charge in [-0.05, 0) is 30.3 Å². The Morgan fingerprint density at radius 3 is 2.52 bits per heavy atom. The lowest BCUT2D eigenvalue weighted by Gasteiger charge is -2.15. The summed E-state index contributed by atoms with van der Waals surface area (Å²) in [7, 11) is -4.11. The number of nitrogens with zero attached hydrogens (tertiary/aromatic N) is 3. The third-order valence-corrected chi connectivity index (χ3v) is 5.67. The van der Waals surface area contributed by atoms with Gasteiger partial charge in [-0.3, -0.25) is 10.2 Å². The lowest BCUT2D eigenvalue weighted by molar-refractivity contribution is 0.0998. The number of carbonyl (C=O) groups excluding carboxylic acids is 1. The van der Waals surface area contributed by atoms with E-state index in [4.69, 9.17) is 40.6 Å². The monoisotopic (exact) mass is 481 g/mol. The Morgan fingerprint density at radius 1 is 1.19 bits per heavy atom. The Bertz CT molecular complexity index is 1350. The van der Waals surface area contributed by atoms with Crippen molar-refractivity contribution in [2.45, 2.75) is 4.90 Å². The molecule has 3 aromatic rings. The molecule has 3 rings (SSSR count). The quantitative estimate of drug-likeness (QED) is 0.204. The van der Waals surface area contributed by atoms with E-state index in [1.165, 1.54) is 35.1 Å². The number of primary amides is 1. The number of sulfonamides is 1. The fourth-order valence-electron chi connectivity index (χ4n) is 2.56. The first kappa shape index (κ1) is 22.2. The van der Waals surface area contributed by atoms with Crippen LogP contribution >= 0.6 is 23.2 Å². The van der Waals surface area contributed by atoms with Gasteiger partial charge in [-0.25, -0.2) is 23.1 Å². The summed E-state index contributed by atoms with van der Waals surface area (Å²) in [5, 5.41) is 18.7. The van der Waals surface area contributed by atoms with Crippen molar-refractivity contribution < 1.29 is 18.3 Å². The number of anilines is 2. The molecule has 1 aromatic heterocycles. The summed E-state index contributed by atoms with van der Waals surface area (Å²) >= 11 is 12.3. The molecule has 14 heteroatoms. The van der Waals surface area contributed by atoms with Gasteiger partial charge in [-0.1, -0.05) is 23.2 Å². The highest BCUT2D eigenvalue weighted by Crippen LogP contribution is 2.35. The predicted molar refractivity (Wildman–Crippen MR) is 115 cm³/mol. The Morgan fingerprint density at radius 2 is 1.90 bits per heavy atom. The molecule has 0 aliphatic carbocycles. The number of amides is 1. The summed E-state index contributed by atoms with van der Waals surface area (Å²) in [6.45, 7) is 7.33. The van der Waals surface area contributed by atoms with Crippen LogP contribution in [0.4, 0.5) is 17.2 Å². The number of benzene rings is 2. The summed E-state index contributed by atoms with van der Waals surface area (Å²) in [4.78, 5) is 14.4. The van der Waals surface area contributed by atoms with Crippen molar-refractivity contribution in [1.82, 2.24) is 9.78 Å². The van der Waals surface area contributed by atoms with Crippen LogP contribution in [-0.2, 0) is 10.0 Å². The Hall–Kier alpha value is -3.50. The van der Waals surface area contributed by atoms with Crippen LogP contribution < -0.4 is 21.7 Å². The fourth-order valence-corrected chi connectivity index (χ4v) is 3.96. The highest BCUT2D eigenvalue weighted by molar-refractivity contribution is 7.89. The van der Waals surface area contributed by atoms with Crippen LogP contribution in [0.3, 0.4) is 0 Å². The molecule has 0 spiro atoms. The molecule has 0 aliphatic heterocycles. The van der Waals surface area contributed by atoms with Crippen molar-refractivity contribution in [2.75, 3.05) is 10.9 Å². The van der Waals surface area contributed by atoms with Crippen LogP contribution in [0.5, 0.6) is 5.75 Å². The van der Waals surface area contributed by atoms with Crippen molar-refractivity contribution in [3.63, 3.8) is 0 Å². The number of hydrogen-bond acceptors (Lipinski definition) is 7. The largest absolute Gasteiger partial charge is 0.507 e. The molecule has 0 radical (unpaired) electrons. The molecule has 0 aliphatic rings. The number of aromatic nitrogens is 2. The number of phenols is 1. The molecule has 0 saturated heterocycles. The maximum absolute atomic E-state index is 11.6. The van der Waals surface area contributed by atoms with Crippen LogP contribution in [0, 0.1) is 6.57 Å². The van der Waals surface area contributed by atoms with Gasteiger partial charge < -0.3 is 16.3 Å². The number of nitrogens with two attached hydrogens (primary N) is 2. The highest BCUT2D eigenvalue weighted by Gasteiger charge is 2.20. The van der Waals surface area contributed by atoms with E-state index in [-0.39, 0.29) is 43.4 Å². The van der Waals surface area contributed by atoms with E-state index in [9.17, 15) is 18.3 Å². The molecule has 160 valence electrons. The summed E-state index contributed by atoms with van der Waals surface area (Å²) in [6, 6.07) is 6.33. The summed E-state index contributed by atoms with van der Waals surface area (Å²) in [5.41, 5.74) is 11.2. The van der Waals surface area contributed by atoms with Gasteiger partial charge in [0.1, 0.15) is 10.6 Å². The molecule has 0 atom stereocenters. The number of carbonyl (C=O) groups is 1. The van der Waals surface area contributed by atoms with Crippen molar-refractivity contribution in [2.24, 2.45) is 10.9 Å². The Kier molecular flexibility index (Phi) is 5.96. The molecule has 11 nitrogen and oxygen atoms in total. The Balaban J connectivity index is 2.01. The number of nitrogens with one attached hydrogen (secondary N) is 2. The second-order valence-electron chi connectivity index (χ2n) is 6.03. The maximum Gasteiger partial charge on any atom is 0.252 e. The standard InChI is InChI=1S/C17H13Cl2N7O4S/c1-22-12-7-23-26(13-5-11(19)15(6-10(13)18)31(21,29)30)17(12)25-24-8-2-3-14(27)9(4-8)16(20)28/h2-7,24-25,27H,(H2,20,28)(H2,21,29,30). The Labute approximate surface area is 186 Å². The minimum atomic E-state index is -4.11. The van der Waals surface area contributed by atoms with Crippen LogP contribution in [0.2, 0.25) is 10.0 Å². The zero-order valence-electron chi connectivity index (χ0n) is 15.3.